The standard InChI is InChI=1S/C15H16Cl2N2O4/c1-18-13(20)8-2-5-12(15(22)23)19(7-8)14(21)10-6-9(16)3-4-11(10)17/h3-4,6,8,12H,2,5,7H2,1H3,(H,18,20)(H,22,23)/t8-,12-/m0/s1. The van der Waals surface area contributed by atoms with Gasteiger partial charge in [0.15, 0.2) is 0 Å². The molecule has 1 heterocycles. The van der Waals surface area contributed by atoms with Gasteiger partial charge in [-0.3, -0.25) is 9.59 Å². The van der Waals surface area contributed by atoms with Crippen molar-refractivity contribution >= 4 is 41.0 Å². The summed E-state index contributed by atoms with van der Waals surface area (Å²) in [5.74, 6) is -2.31. The number of piperidine rings is 1. The SMILES string of the molecule is CNC(=O)[C@H]1CC[C@@H](C(=O)O)N(C(=O)c2cc(Cl)ccc2Cl)C1. The molecule has 1 aromatic rings. The van der Waals surface area contributed by atoms with Gasteiger partial charge in [-0.15, -0.1) is 0 Å². The fourth-order valence-corrected chi connectivity index (χ4v) is 3.06. The van der Waals surface area contributed by atoms with E-state index in [1.165, 1.54) is 24.1 Å². The molecule has 8 heteroatoms. The summed E-state index contributed by atoms with van der Waals surface area (Å²) in [4.78, 5) is 37.2. The largest absolute Gasteiger partial charge is 0.480 e. The molecule has 1 saturated heterocycles. The van der Waals surface area contributed by atoms with Crippen molar-refractivity contribution in [2.75, 3.05) is 13.6 Å². The van der Waals surface area contributed by atoms with E-state index >= 15 is 0 Å². The molecular formula is C15H16Cl2N2O4. The summed E-state index contributed by atoms with van der Waals surface area (Å²) in [6.07, 6.45) is 0.612. The van der Waals surface area contributed by atoms with Crippen LogP contribution < -0.4 is 5.32 Å². The number of carboxylic acid groups (broad SMARTS) is 1. The molecule has 2 N–H and O–H groups in total. The van der Waals surface area contributed by atoms with E-state index in [0.717, 1.165) is 0 Å². The van der Waals surface area contributed by atoms with E-state index in [1.54, 1.807) is 6.07 Å². The van der Waals surface area contributed by atoms with Crippen LogP contribution in [-0.2, 0) is 9.59 Å². The van der Waals surface area contributed by atoms with Crippen LogP contribution in [0.4, 0.5) is 0 Å². The Morgan fingerprint density at radius 3 is 2.57 bits per heavy atom. The van der Waals surface area contributed by atoms with E-state index < -0.39 is 23.8 Å². The first-order chi connectivity index (χ1) is 10.8. The molecule has 124 valence electrons. The topological polar surface area (TPSA) is 86.7 Å². The fraction of sp³-hybridized carbons (Fsp3) is 0.400. The third-order valence-corrected chi connectivity index (χ3v) is 4.47. The Labute approximate surface area is 143 Å². The van der Waals surface area contributed by atoms with E-state index in [0.29, 0.717) is 11.4 Å². The Morgan fingerprint density at radius 2 is 1.96 bits per heavy atom. The second kappa shape index (κ2) is 7.19. The zero-order valence-corrected chi connectivity index (χ0v) is 13.9. The lowest BCUT2D eigenvalue weighted by Gasteiger charge is -2.37. The molecule has 0 radical (unpaired) electrons. The molecule has 1 aromatic carbocycles. The van der Waals surface area contributed by atoms with Gasteiger partial charge in [-0.05, 0) is 31.0 Å². The maximum absolute atomic E-state index is 12.7. The number of carboxylic acids is 1. The van der Waals surface area contributed by atoms with Crippen molar-refractivity contribution in [1.82, 2.24) is 10.2 Å². The Balaban J connectivity index is 2.33. The van der Waals surface area contributed by atoms with E-state index in [2.05, 4.69) is 5.32 Å². The van der Waals surface area contributed by atoms with Gasteiger partial charge in [0.2, 0.25) is 5.91 Å². The number of carbonyl (C=O) groups excluding carboxylic acids is 2. The number of rotatable bonds is 3. The molecular weight excluding hydrogens is 343 g/mol. The number of aliphatic carboxylic acids is 1. The number of halogens is 2. The average molecular weight is 359 g/mol. The minimum Gasteiger partial charge on any atom is -0.480 e. The van der Waals surface area contributed by atoms with Crippen molar-refractivity contribution in [3.8, 4) is 0 Å². The van der Waals surface area contributed by atoms with Gasteiger partial charge in [-0.25, -0.2) is 4.79 Å². The molecule has 0 aromatic heterocycles. The minimum atomic E-state index is -1.10. The second-order valence-corrected chi connectivity index (χ2v) is 6.17. The first-order valence-electron chi connectivity index (χ1n) is 7.05. The number of nitrogens with zero attached hydrogens (tertiary/aromatic N) is 1. The lowest BCUT2D eigenvalue weighted by Crippen LogP contribution is -2.53. The summed E-state index contributed by atoms with van der Waals surface area (Å²) in [5.41, 5.74) is 0.128. The summed E-state index contributed by atoms with van der Waals surface area (Å²) in [7, 11) is 1.51. The lowest BCUT2D eigenvalue weighted by molar-refractivity contribution is -0.145. The molecule has 0 unspecified atom stereocenters. The monoisotopic (exact) mass is 358 g/mol. The summed E-state index contributed by atoms with van der Waals surface area (Å²) < 4.78 is 0. The van der Waals surface area contributed by atoms with Crippen molar-refractivity contribution in [3.05, 3.63) is 33.8 Å². The molecule has 2 atom stereocenters. The highest BCUT2D eigenvalue weighted by Gasteiger charge is 2.38. The number of benzene rings is 1. The fourth-order valence-electron chi connectivity index (χ4n) is 2.69. The zero-order valence-electron chi connectivity index (χ0n) is 12.4. The molecule has 0 bridgehead atoms. The van der Waals surface area contributed by atoms with E-state index in [-0.39, 0.29) is 29.5 Å². The highest BCUT2D eigenvalue weighted by atomic mass is 35.5. The van der Waals surface area contributed by atoms with E-state index in [9.17, 15) is 19.5 Å². The number of nitrogens with one attached hydrogen (secondary N) is 1. The highest BCUT2D eigenvalue weighted by molar-refractivity contribution is 6.35. The summed E-state index contributed by atoms with van der Waals surface area (Å²) in [6, 6.07) is 3.43. The maximum atomic E-state index is 12.7. The summed E-state index contributed by atoms with van der Waals surface area (Å²) in [5, 5.41) is 12.4. The summed E-state index contributed by atoms with van der Waals surface area (Å²) >= 11 is 11.9. The average Bonchev–Trinajstić information content (AvgIpc) is 2.54. The van der Waals surface area contributed by atoms with E-state index in [1.807, 2.05) is 0 Å². The van der Waals surface area contributed by atoms with E-state index in [4.69, 9.17) is 23.2 Å². The molecule has 2 amide bonds. The van der Waals surface area contributed by atoms with Crippen LogP contribution in [0.25, 0.3) is 0 Å². The van der Waals surface area contributed by atoms with Gasteiger partial charge in [-0.1, -0.05) is 23.2 Å². The molecule has 1 aliphatic heterocycles. The Kier molecular flexibility index (Phi) is 5.49. The minimum absolute atomic E-state index is 0.0261. The predicted octanol–water partition coefficient (Wildman–Crippen LogP) is 2.04. The van der Waals surface area contributed by atoms with Crippen LogP contribution in [0.2, 0.25) is 10.0 Å². The molecule has 2 rings (SSSR count). The van der Waals surface area contributed by atoms with Crippen LogP contribution in [0.1, 0.15) is 23.2 Å². The molecule has 1 aliphatic rings. The van der Waals surface area contributed by atoms with Gasteiger partial charge in [0.25, 0.3) is 5.91 Å². The number of hydrogen-bond acceptors (Lipinski definition) is 3. The lowest BCUT2D eigenvalue weighted by atomic mass is 9.91. The molecule has 23 heavy (non-hydrogen) atoms. The third kappa shape index (κ3) is 3.76. The molecule has 0 aliphatic carbocycles. The van der Waals surface area contributed by atoms with Gasteiger partial charge >= 0.3 is 5.97 Å². The van der Waals surface area contributed by atoms with Crippen LogP contribution in [0, 0.1) is 5.92 Å². The van der Waals surface area contributed by atoms with Gasteiger partial charge < -0.3 is 15.3 Å². The van der Waals surface area contributed by atoms with Crippen molar-refractivity contribution in [2.45, 2.75) is 18.9 Å². The normalized spacial score (nSPS) is 20.9. The van der Waals surface area contributed by atoms with Gasteiger partial charge in [0, 0.05) is 18.6 Å². The van der Waals surface area contributed by atoms with Crippen LogP contribution in [-0.4, -0.2) is 47.4 Å². The van der Waals surface area contributed by atoms with Crippen LogP contribution >= 0.6 is 23.2 Å². The zero-order chi connectivity index (χ0) is 17.1. The molecule has 1 fully saturated rings. The van der Waals surface area contributed by atoms with Crippen molar-refractivity contribution in [3.63, 3.8) is 0 Å². The van der Waals surface area contributed by atoms with Crippen molar-refractivity contribution < 1.29 is 19.5 Å². The highest BCUT2D eigenvalue weighted by Crippen LogP contribution is 2.28. The van der Waals surface area contributed by atoms with Gasteiger partial charge in [0.05, 0.1) is 16.5 Å². The quantitative estimate of drug-likeness (QED) is 0.865. The number of likely N-dealkylation sites (tertiary alicyclic amines) is 1. The third-order valence-electron chi connectivity index (χ3n) is 3.90. The Morgan fingerprint density at radius 1 is 1.26 bits per heavy atom. The van der Waals surface area contributed by atoms with Gasteiger partial charge in [0.1, 0.15) is 6.04 Å². The first kappa shape index (κ1) is 17.6. The molecule has 6 nitrogen and oxygen atoms in total. The maximum Gasteiger partial charge on any atom is 0.326 e. The van der Waals surface area contributed by atoms with Crippen LogP contribution in [0.3, 0.4) is 0 Å². The Bertz CT molecular complexity index is 650. The van der Waals surface area contributed by atoms with Gasteiger partial charge in [-0.2, -0.15) is 0 Å². The molecule has 0 spiro atoms. The first-order valence-corrected chi connectivity index (χ1v) is 7.81. The second-order valence-electron chi connectivity index (χ2n) is 5.32. The van der Waals surface area contributed by atoms with Crippen LogP contribution in [0.15, 0.2) is 18.2 Å². The smallest absolute Gasteiger partial charge is 0.326 e. The van der Waals surface area contributed by atoms with Crippen molar-refractivity contribution in [2.24, 2.45) is 5.92 Å². The number of hydrogen-bond donors (Lipinski definition) is 2. The molecule has 0 saturated carbocycles. The number of amides is 2. The Hall–Kier alpha value is -1.79. The summed E-state index contributed by atoms with van der Waals surface area (Å²) in [6.45, 7) is 0.0261. The predicted molar refractivity (Wildman–Crippen MR) is 85.7 cm³/mol. The number of carbonyl (C=O) groups is 3. The van der Waals surface area contributed by atoms with Crippen molar-refractivity contribution in [1.29, 1.82) is 0 Å². The van der Waals surface area contributed by atoms with Crippen LogP contribution in [0.5, 0.6) is 0 Å².